The maximum absolute atomic E-state index is 13.5. The SMILES string of the molecule is C[C@]1(O)CCOC[C@@H]1[C@H]1CCCN1c1ccnc2cc(F)ccc12. The number of hydrogen-bond acceptors (Lipinski definition) is 4. The van der Waals surface area contributed by atoms with Crippen LogP contribution < -0.4 is 4.90 Å². The average Bonchev–Trinajstić information content (AvgIpc) is 3.02. The van der Waals surface area contributed by atoms with Gasteiger partial charge in [0.25, 0.3) is 0 Å². The van der Waals surface area contributed by atoms with E-state index in [1.54, 1.807) is 12.3 Å². The van der Waals surface area contributed by atoms with Gasteiger partial charge in [-0.05, 0) is 44.4 Å². The van der Waals surface area contributed by atoms with Crippen LogP contribution in [0.1, 0.15) is 26.2 Å². The number of benzene rings is 1. The number of nitrogens with zero attached hydrogens (tertiary/aromatic N) is 2. The summed E-state index contributed by atoms with van der Waals surface area (Å²) in [6, 6.07) is 6.99. The monoisotopic (exact) mass is 330 g/mol. The molecule has 2 aliphatic rings. The third kappa shape index (κ3) is 2.66. The van der Waals surface area contributed by atoms with Crippen LogP contribution in [0.3, 0.4) is 0 Å². The highest BCUT2D eigenvalue weighted by molar-refractivity contribution is 5.91. The van der Waals surface area contributed by atoms with Crippen molar-refractivity contribution in [2.45, 2.75) is 37.8 Å². The molecule has 1 N–H and O–H groups in total. The molecule has 2 saturated heterocycles. The molecule has 128 valence electrons. The maximum Gasteiger partial charge on any atom is 0.125 e. The lowest BCUT2D eigenvalue weighted by Crippen LogP contribution is -2.52. The molecule has 0 spiro atoms. The van der Waals surface area contributed by atoms with Crippen LogP contribution in [-0.4, -0.2) is 41.5 Å². The molecule has 2 fully saturated rings. The summed E-state index contributed by atoms with van der Waals surface area (Å²) >= 11 is 0. The van der Waals surface area contributed by atoms with Crippen LogP contribution in [0.2, 0.25) is 0 Å². The lowest BCUT2D eigenvalue weighted by Gasteiger charge is -2.44. The third-order valence-electron chi connectivity index (χ3n) is 5.60. The molecule has 0 bridgehead atoms. The first-order valence-electron chi connectivity index (χ1n) is 8.67. The summed E-state index contributed by atoms with van der Waals surface area (Å²) in [6.45, 7) is 4.07. The standard InChI is InChI=1S/C19H23FN2O2/c1-19(23)7-10-24-12-15(19)18-3-2-9-22(18)17-6-8-21-16-11-13(20)4-5-14(16)17/h4-6,8,11,15,18,23H,2-3,7,9-10,12H2,1H3/t15-,18-,19+/m1/s1. The molecule has 0 amide bonds. The van der Waals surface area contributed by atoms with Crippen LogP contribution in [0.25, 0.3) is 10.9 Å². The van der Waals surface area contributed by atoms with E-state index in [1.807, 2.05) is 13.0 Å². The van der Waals surface area contributed by atoms with Crippen LogP contribution in [0.15, 0.2) is 30.5 Å². The Labute approximate surface area is 141 Å². The molecule has 1 aromatic heterocycles. The van der Waals surface area contributed by atoms with Gasteiger partial charge in [-0.1, -0.05) is 0 Å². The molecule has 0 radical (unpaired) electrons. The van der Waals surface area contributed by atoms with Gasteiger partial charge in [-0.3, -0.25) is 4.98 Å². The third-order valence-corrected chi connectivity index (χ3v) is 5.60. The first-order valence-corrected chi connectivity index (χ1v) is 8.67. The summed E-state index contributed by atoms with van der Waals surface area (Å²) in [7, 11) is 0. The minimum Gasteiger partial charge on any atom is -0.390 e. The Morgan fingerprint density at radius 3 is 3.08 bits per heavy atom. The molecular formula is C19H23FN2O2. The van der Waals surface area contributed by atoms with E-state index >= 15 is 0 Å². The predicted octanol–water partition coefficient (Wildman–Crippen LogP) is 3.13. The maximum atomic E-state index is 13.5. The van der Waals surface area contributed by atoms with Crippen molar-refractivity contribution < 1.29 is 14.2 Å². The fraction of sp³-hybridized carbons (Fsp3) is 0.526. The van der Waals surface area contributed by atoms with Crippen molar-refractivity contribution in [2.24, 2.45) is 5.92 Å². The van der Waals surface area contributed by atoms with Crippen LogP contribution in [-0.2, 0) is 4.74 Å². The highest BCUT2D eigenvalue weighted by atomic mass is 19.1. The number of ether oxygens (including phenoxy) is 1. The van der Waals surface area contributed by atoms with E-state index in [0.29, 0.717) is 25.2 Å². The molecule has 1 aromatic carbocycles. The molecule has 0 aliphatic carbocycles. The molecule has 24 heavy (non-hydrogen) atoms. The van der Waals surface area contributed by atoms with Crippen LogP contribution in [0, 0.1) is 11.7 Å². The zero-order valence-corrected chi connectivity index (χ0v) is 13.9. The number of anilines is 1. The lowest BCUT2D eigenvalue weighted by molar-refractivity contribution is -0.108. The molecule has 5 heteroatoms. The fourth-order valence-corrected chi connectivity index (χ4v) is 4.25. The summed E-state index contributed by atoms with van der Waals surface area (Å²) in [4.78, 5) is 6.66. The first kappa shape index (κ1) is 15.8. The van der Waals surface area contributed by atoms with Crippen molar-refractivity contribution >= 4 is 16.6 Å². The number of rotatable bonds is 2. The zero-order valence-electron chi connectivity index (χ0n) is 13.9. The Morgan fingerprint density at radius 2 is 2.25 bits per heavy atom. The van der Waals surface area contributed by atoms with Gasteiger partial charge in [-0.25, -0.2) is 4.39 Å². The second kappa shape index (κ2) is 5.97. The van der Waals surface area contributed by atoms with E-state index in [4.69, 9.17) is 4.74 Å². The van der Waals surface area contributed by atoms with E-state index < -0.39 is 5.60 Å². The molecule has 2 aliphatic heterocycles. The van der Waals surface area contributed by atoms with E-state index in [2.05, 4.69) is 9.88 Å². The Hall–Kier alpha value is -1.72. The van der Waals surface area contributed by atoms with Gasteiger partial charge in [0.1, 0.15) is 5.82 Å². The van der Waals surface area contributed by atoms with Gasteiger partial charge in [0.15, 0.2) is 0 Å². The molecular weight excluding hydrogens is 307 g/mol. The van der Waals surface area contributed by atoms with Crippen molar-refractivity contribution in [1.82, 2.24) is 4.98 Å². The second-order valence-electron chi connectivity index (χ2n) is 7.18. The van der Waals surface area contributed by atoms with E-state index in [9.17, 15) is 9.50 Å². The largest absolute Gasteiger partial charge is 0.390 e. The number of aromatic nitrogens is 1. The van der Waals surface area contributed by atoms with Gasteiger partial charge < -0.3 is 14.7 Å². The van der Waals surface area contributed by atoms with E-state index in [1.165, 1.54) is 12.1 Å². The smallest absolute Gasteiger partial charge is 0.125 e. The van der Waals surface area contributed by atoms with E-state index in [0.717, 1.165) is 30.5 Å². The van der Waals surface area contributed by atoms with Crippen molar-refractivity contribution in [1.29, 1.82) is 0 Å². The van der Waals surface area contributed by atoms with Crippen LogP contribution in [0.4, 0.5) is 10.1 Å². The lowest BCUT2D eigenvalue weighted by atomic mass is 9.79. The number of pyridine rings is 1. The van der Waals surface area contributed by atoms with Gasteiger partial charge >= 0.3 is 0 Å². The molecule has 4 nitrogen and oxygen atoms in total. The molecule has 0 unspecified atom stereocenters. The van der Waals surface area contributed by atoms with Gasteiger partial charge in [-0.15, -0.1) is 0 Å². The van der Waals surface area contributed by atoms with Crippen molar-refractivity contribution in [3.05, 3.63) is 36.3 Å². The first-order chi connectivity index (χ1) is 11.6. The number of hydrogen-bond donors (Lipinski definition) is 1. The van der Waals surface area contributed by atoms with E-state index in [-0.39, 0.29) is 17.8 Å². The molecule has 3 atom stereocenters. The number of fused-ring (bicyclic) bond motifs is 1. The Balaban J connectivity index is 1.73. The van der Waals surface area contributed by atoms with Crippen molar-refractivity contribution in [2.75, 3.05) is 24.7 Å². The average molecular weight is 330 g/mol. The second-order valence-corrected chi connectivity index (χ2v) is 7.18. The zero-order chi connectivity index (χ0) is 16.7. The van der Waals surface area contributed by atoms with Crippen LogP contribution >= 0.6 is 0 Å². The summed E-state index contributed by atoms with van der Waals surface area (Å²) in [6.07, 6.45) is 4.53. The highest BCUT2D eigenvalue weighted by Crippen LogP contribution is 2.39. The highest BCUT2D eigenvalue weighted by Gasteiger charge is 2.44. The normalized spacial score (nSPS) is 30.9. The Bertz CT molecular complexity index is 749. The van der Waals surface area contributed by atoms with Gasteiger partial charge in [0.2, 0.25) is 0 Å². The van der Waals surface area contributed by atoms with Crippen molar-refractivity contribution in [3.63, 3.8) is 0 Å². The minimum absolute atomic E-state index is 0.0809. The van der Waals surface area contributed by atoms with Crippen LogP contribution in [0.5, 0.6) is 0 Å². The summed E-state index contributed by atoms with van der Waals surface area (Å²) in [5.41, 5.74) is 1.04. The number of aliphatic hydroxyl groups is 1. The fourth-order valence-electron chi connectivity index (χ4n) is 4.25. The molecule has 0 saturated carbocycles. The Morgan fingerprint density at radius 1 is 1.38 bits per heavy atom. The number of halogens is 1. The topological polar surface area (TPSA) is 45.6 Å². The summed E-state index contributed by atoms with van der Waals surface area (Å²) in [5.74, 6) is -0.189. The molecule has 4 rings (SSSR count). The minimum atomic E-state index is -0.708. The molecule has 2 aromatic rings. The van der Waals surface area contributed by atoms with Gasteiger partial charge in [-0.2, -0.15) is 0 Å². The van der Waals surface area contributed by atoms with Gasteiger partial charge in [0, 0.05) is 48.4 Å². The summed E-state index contributed by atoms with van der Waals surface area (Å²) in [5, 5.41) is 11.8. The Kier molecular flexibility index (Phi) is 3.93. The van der Waals surface area contributed by atoms with Gasteiger partial charge in [0.05, 0.1) is 17.7 Å². The molecule has 3 heterocycles. The quantitative estimate of drug-likeness (QED) is 0.919. The van der Waals surface area contributed by atoms with Crippen molar-refractivity contribution in [3.8, 4) is 0 Å². The summed E-state index contributed by atoms with van der Waals surface area (Å²) < 4.78 is 19.2. The predicted molar refractivity (Wildman–Crippen MR) is 91.6 cm³/mol.